The van der Waals surface area contributed by atoms with Crippen LogP contribution < -0.4 is 20.5 Å². The molecule has 0 radical (unpaired) electrons. The van der Waals surface area contributed by atoms with E-state index in [1.54, 1.807) is 12.1 Å². The van der Waals surface area contributed by atoms with Gasteiger partial charge < -0.3 is 40.8 Å². The average molecular weight is 645 g/mol. The van der Waals surface area contributed by atoms with Gasteiger partial charge in [0.1, 0.15) is 24.2 Å². The predicted octanol–water partition coefficient (Wildman–Crippen LogP) is 4.89. The Morgan fingerprint density at radius 1 is 0.957 bits per heavy atom. The van der Waals surface area contributed by atoms with Gasteiger partial charge in [-0.25, -0.2) is 4.98 Å². The fourth-order valence-corrected chi connectivity index (χ4v) is 4.80. The number of carboxylic acid groups (broad SMARTS) is 2. The molecule has 0 aliphatic heterocycles. The molecule has 12 heteroatoms. The number of pyridine rings is 1. The number of carboxylic acids is 2. The summed E-state index contributed by atoms with van der Waals surface area (Å²) in [5.41, 5.74) is 8.50. The van der Waals surface area contributed by atoms with E-state index in [0.29, 0.717) is 23.7 Å². The largest absolute Gasteiger partial charge is 0.490 e. The fourth-order valence-electron chi connectivity index (χ4n) is 4.80. The quantitative estimate of drug-likeness (QED) is 0.0968. The number of aromatic amines is 1. The Kier molecular flexibility index (Phi) is 11.5. The summed E-state index contributed by atoms with van der Waals surface area (Å²) in [5.74, 6) is -0.907. The van der Waals surface area contributed by atoms with Gasteiger partial charge in [-0.15, -0.1) is 0 Å². The standard InChI is InChI=1S/C31H32N4O4.C4H6O4/c1-31(2,16-20-10-13-23(14-11-20)39-28-15-12-21(17-33-28)30(32)37)34-18-22(36)19-38-27-9-5-8-26-29(27)24-6-3-4-7-25(24)35-26;5-3(6)1-2-4(7)8/h3-15,17,22,34-36H,16,18-19H2,1-2H3,(H2,32,37);1-2H2,(H,5,6)(H,7,8)/t22-;/m0./s1/i30+2;. The lowest BCUT2D eigenvalue weighted by atomic mass is 9.94. The minimum atomic E-state index is -1.08. The molecule has 0 aliphatic rings. The van der Waals surface area contributed by atoms with Gasteiger partial charge in [0.2, 0.25) is 11.8 Å². The third-order valence-corrected chi connectivity index (χ3v) is 7.10. The molecule has 0 spiro atoms. The molecule has 246 valence electrons. The van der Waals surface area contributed by atoms with Crippen molar-refractivity contribution in [1.82, 2.24) is 15.3 Å². The number of hydrogen-bond acceptors (Lipinski definition) is 8. The number of β-amino-alcohol motifs (C(OH)–C–C–N with tert-alkyl or cyclic N) is 1. The van der Waals surface area contributed by atoms with E-state index in [4.69, 9.17) is 25.4 Å². The van der Waals surface area contributed by atoms with Crippen LogP contribution in [0.25, 0.3) is 21.8 Å². The van der Waals surface area contributed by atoms with Crippen molar-refractivity contribution in [2.24, 2.45) is 5.73 Å². The first kappa shape index (κ1) is 34.4. The number of primary amides is 1. The van der Waals surface area contributed by atoms with Crippen LogP contribution in [0.5, 0.6) is 17.4 Å². The molecule has 0 aliphatic carbocycles. The molecule has 0 unspecified atom stereocenters. The number of benzene rings is 3. The topological polar surface area (TPSA) is 197 Å². The first-order valence-corrected chi connectivity index (χ1v) is 14.9. The Labute approximate surface area is 271 Å². The van der Waals surface area contributed by atoms with E-state index >= 15 is 0 Å². The Bertz CT molecular complexity index is 1800. The third kappa shape index (κ3) is 10.3. The number of nitrogens with zero attached hydrogens (tertiary/aromatic N) is 1. The third-order valence-electron chi connectivity index (χ3n) is 7.10. The number of fused-ring (bicyclic) bond motifs is 3. The van der Waals surface area contributed by atoms with E-state index in [0.717, 1.165) is 39.5 Å². The number of rotatable bonds is 14. The number of carbonyl (C=O) groups excluding carboxylic acids is 1. The molecule has 3 aromatic carbocycles. The molecule has 2 heterocycles. The van der Waals surface area contributed by atoms with Crippen LogP contribution >= 0.6 is 0 Å². The van der Waals surface area contributed by atoms with E-state index in [9.17, 15) is 19.5 Å². The summed E-state index contributed by atoms with van der Waals surface area (Å²) < 4.78 is 11.8. The zero-order chi connectivity index (χ0) is 34.0. The molecule has 1 atom stereocenters. The van der Waals surface area contributed by atoms with Crippen molar-refractivity contribution in [2.45, 2.75) is 44.8 Å². The van der Waals surface area contributed by atoms with Crippen molar-refractivity contribution in [3.8, 4) is 17.4 Å². The zero-order valence-corrected chi connectivity index (χ0v) is 26.1. The van der Waals surface area contributed by atoms with Crippen molar-refractivity contribution in [3.63, 3.8) is 0 Å². The summed E-state index contributed by atoms with van der Waals surface area (Å²) in [5, 5.41) is 32.0. The minimum Gasteiger partial charge on any atom is -0.490 e. The number of amides is 1. The van der Waals surface area contributed by atoms with E-state index in [1.807, 2.05) is 60.7 Å². The van der Waals surface area contributed by atoms with Crippen LogP contribution in [0.15, 0.2) is 85.1 Å². The Morgan fingerprint density at radius 2 is 1.64 bits per heavy atom. The number of carbonyl (C=O) groups is 3. The van der Waals surface area contributed by atoms with Crippen LogP contribution in [0.4, 0.5) is 0 Å². The zero-order valence-electron chi connectivity index (χ0n) is 26.1. The maximum absolute atomic E-state index is 11.2. The summed E-state index contributed by atoms with van der Waals surface area (Å²) in [4.78, 5) is 38.0. The van der Waals surface area contributed by atoms with Crippen molar-refractivity contribution in [1.29, 1.82) is 0 Å². The van der Waals surface area contributed by atoms with Crippen LogP contribution in [0, 0.1) is 0 Å². The van der Waals surface area contributed by atoms with Gasteiger partial charge in [0, 0.05) is 40.6 Å². The minimum absolute atomic E-state index is 0.183. The van der Waals surface area contributed by atoms with Crippen LogP contribution in [0.3, 0.4) is 0 Å². The van der Waals surface area contributed by atoms with Gasteiger partial charge in [0.25, 0.3) is 0 Å². The van der Waals surface area contributed by atoms with Crippen molar-refractivity contribution in [2.75, 3.05) is 13.2 Å². The highest BCUT2D eigenvalue weighted by Gasteiger charge is 2.20. The summed E-state index contributed by atoms with van der Waals surface area (Å²) in [6.07, 6.45) is 0.877. The molecule has 0 bridgehead atoms. The smallest absolute Gasteiger partial charge is 0.303 e. The molecule has 5 aromatic rings. The molecule has 0 fully saturated rings. The number of aliphatic carboxylic acids is 2. The Balaban J connectivity index is 0.000000555. The lowest BCUT2D eigenvalue weighted by Crippen LogP contribution is -2.46. The van der Waals surface area contributed by atoms with Gasteiger partial charge in [0.15, 0.2) is 0 Å². The lowest BCUT2D eigenvalue weighted by Gasteiger charge is -2.28. The van der Waals surface area contributed by atoms with Crippen molar-refractivity contribution >= 4 is 39.7 Å². The highest BCUT2D eigenvalue weighted by molar-refractivity contribution is 6.10. The second kappa shape index (κ2) is 15.7. The highest BCUT2D eigenvalue weighted by atomic mass is 16.5. The maximum atomic E-state index is 11.2. The molecular formula is C35H38N4O8. The van der Waals surface area contributed by atoms with Crippen LogP contribution in [-0.4, -0.2) is 67.9 Å². The normalized spacial score (nSPS) is 11.8. The van der Waals surface area contributed by atoms with E-state index in [-0.39, 0.29) is 25.0 Å². The van der Waals surface area contributed by atoms with Gasteiger partial charge >= 0.3 is 11.9 Å². The number of aliphatic hydroxyl groups excluding tert-OH is 1. The number of aliphatic hydroxyl groups is 1. The second-order valence-electron chi connectivity index (χ2n) is 11.5. The summed E-state index contributed by atoms with van der Waals surface area (Å²) in [6.45, 7) is 4.77. The number of para-hydroxylation sites is 1. The molecule has 0 saturated carbocycles. The van der Waals surface area contributed by atoms with E-state index in [2.05, 4.69) is 35.2 Å². The molecule has 1 amide bonds. The Morgan fingerprint density at radius 3 is 2.28 bits per heavy atom. The monoisotopic (exact) mass is 644 g/mol. The van der Waals surface area contributed by atoms with Gasteiger partial charge in [-0.3, -0.25) is 14.4 Å². The van der Waals surface area contributed by atoms with Gasteiger partial charge in [-0.2, -0.15) is 0 Å². The first-order chi connectivity index (χ1) is 22.4. The molecule has 47 heavy (non-hydrogen) atoms. The summed E-state index contributed by atoms with van der Waals surface area (Å²) in [6, 6.07) is 25.0. The molecule has 12 nitrogen and oxygen atoms in total. The predicted molar refractivity (Wildman–Crippen MR) is 177 cm³/mol. The van der Waals surface area contributed by atoms with Crippen molar-refractivity contribution in [3.05, 3.63) is 96.2 Å². The molecule has 0 saturated heterocycles. The summed E-state index contributed by atoms with van der Waals surface area (Å²) >= 11 is 0. The van der Waals surface area contributed by atoms with Gasteiger partial charge in [-0.1, -0.05) is 36.4 Å². The molecule has 7 N–H and O–H groups in total. The molecule has 2 aromatic heterocycles. The number of nitrogens with one attached hydrogen (secondary N) is 2. The number of aromatic nitrogens is 2. The average Bonchev–Trinajstić information content (AvgIpc) is 3.43. The van der Waals surface area contributed by atoms with Crippen molar-refractivity contribution < 1.29 is 39.2 Å². The number of hydrogen-bond donors (Lipinski definition) is 6. The molecular weight excluding hydrogens is 606 g/mol. The maximum Gasteiger partial charge on any atom is 0.303 e. The summed E-state index contributed by atoms with van der Waals surface area (Å²) in [7, 11) is 0. The Hall–Kier alpha value is -5.46. The van der Waals surface area contributed by atoms with Crippen LogP contribution in [-0.2, 0) is 16.0 Å². The second-order valence-corrected chi connectivity index (χ2v) is 11.5. The van der Waals surface area contributed by atoms with Gasteiger partial charge in [0.05, 0.1) is 23.9 Å². The number of nitrogens with two attached hydrogens (primary N) is 1. The highest BCUT2D eigenvalue weighted by Crippen LogP contribution is 2.33. The molecule has 5 rings (SSSR count). The fraction of sp³-hybridized carbons (Fsp3) is 0.257. The number of ether oxygens (including phenoxy) is 2. The SMILES string of the molecule is CC(C)(Cc1ccc(Oc2ccc([14C](N)=O)cn2)cc1)NC[C@H](O)COc1cccc2[nH]c3ccccc3c12.O=C(O)CCC(=O)O. The first-order valence-electron chi connectivity index (χ1n) is 14.9. The number of H-pyrrole nitrogens is 1. The lowest BCUT2D eigenvalue weighted by molar-refractivity contribution is -0.143. The van der Waals surface area contributed by atoms with E-state index in [1.165, 1.54) is 6.20 Å². The van der Waals surface area contributed by atoms with Crippen LogP contribution in [0.1, 0.15) is 42.6 Å². The van der Waals surface area contributed by atoms with Crippen LogP contribution in [0.2, 0.25) is 0 Å². The van der Waals surface area contributed by atoms with E-state index < -0.39 is 23.9 Å². The van der Waals surface area contributed by atoms with Gasteiger partial charge in [-0.05, 0) is 62.2 Å².